The maximum absolute atomic E-state index is 5.58. The van der Waals surface area contributed by atoms with Crippen molar-refractivity contribution in [2.24, 2.45) is 0 Å². The number of hydrogen-bond donors (Lipinski definition) is 2. The summed E-state index contributed by atoms with van der Waals surface area (Å²) in [6.07, 6.45) is 0. The first-order chi connectivity index (χ1) is 12.1. The normalized spacial score (nSPS) is 17.4. The Bertz CT molecular complexity index is 942. The Morgan fingerprint density at radius 1 is 1.16 bits per heavy atom. The SMILES string of the molecule is CC1=C(c2nc(-c3ccc(C)cc3)no2)[C@@H](c2ccsc2)NC(=S)N1. The van der Waals surface area contributed by atoms with E-state index >= 15 is 0 Å². The highest BCUT2D eigenvalue weighted by Gasteiger charge is 2.30. The molecule has 126 valence electrons. The van der Waals surface area contributed by atoms with Crippen LogP contribution in [0.2, 0.25) is 0 Å². The van der Waals surface area contributed by atoms with Gasteiger partial charge >= 0.3 is 0 Å². The number of benzene rings is 1. The van der Waals surface area contributed by atoms with Crippen LogP contribution in [0.3, 0.4) is 0 Å². The Morgan fingerprint density at radius 2 is 1.96 bits per heavy atom. The molecule has 1 aliphatic heterocycles. The lowest BCUT2D eigenvalue weighted by Gasteiger charge is -2.28. The van der Waals surface area contributed by atoms with Crippen molar-refractivity contribution in [2.45, 2.75) is 19.9 Å². The van der Waals surface area contributed by atoms with Gasteiger partial charge in [0.25, 0.3) is 5.89 Å². The van der Waals surface area contributed by atoms with Crippen LogP contribution in [0.4, 0.5) is 0 Å². The van der Waals surface area contributed by atoms with Gasteiger partial charge in [-0.15, -0.1) is 0 Å². The van der Waals surface area contributed by atoms with Gasteiger partial charge in [0.2, 0.25) is 5.82 Å². The molecular weight excluding hydrogens is 352 g/mol. The van der Waals surface area contributed by atoms with Gasteiger partial charge in [-0.2, -0.15) is 16.3 Å². The zero-order valence-electron chi connectivity index (χ0n) is 13.7. The van der Waals surface area contributed by atoms with E-state index in [0.717, 1.165) is 22.4 Å². The van der Waals surface area contributed by atoms with Gasteiger partial charge in [0.05, 0.1) is 11.6 Å². The van der Waals surface area contributed by atoms with E-state index in [1.54, 1.807) is 11.3 Å². The topological polar surface area (TPSA) is 63.0 Å². The van der Waals surface area contributed by atoms with Crippen LogP contribution < -0.4 is 10.6 Å². The Kier molecular flexibility index (Phi) is 4.10. The number of aromatic nitrogens is 2. The maximum atomic E-state index is 5.58. The molecule has 1 aromatic carbocycles. The number of thiocarbonyl (C=S) groups is 1. The van der Waals surface area contributed by atoms with E-state index in [0.29, 0.717) is 16.8 Å². The standard InChI is InChI=1S/C18H16N4OS2/c1-10-3-5-12(6-4-10)16-21-17(23-22-16)14-11(2)19-18(24)20-15(14)13-7-8-25-9-13/h3-9,15H,1-2H3,(H2,19,20,24)/t15-/m1/s1. The summed E-state index contributed by atoms with van der Waals surface area (Å²) in [6.45, 7) is 4.02. The molecule has 0 aliphatic carbocycles. The van der Waals surface area contributed by atoms with Crippen LogP contribution in [0.15, 0.2) is 51.3 Å². The molecule has 0 radical (unpaired) electrons. The highest BCUT2D eigenvalue weighted by Crippen LogP contribution is 2.35. The first-order valence-corrected chi connectivity index (χ1v) is 9.18. The molecule has 0 fully saturated rings. The Labute approximate surface area is 154 Å². The van der Waals surface area contributed by atoms with Crippen molar-refractivity contribution in [3.8, 4) is 11.4 Å². The fourth-order valence-electron chi connectivity index (χ4n) is 2.82. The molecule has 0 bridgehead atoms. The molecule has 3 heterocycles. The minimum absolute atomic E-state index is 0.105. The monoisotopic (exact) mass is 368 g/mol. The van der Waals surface area contributed by atoms with Crippen LogP contribution in [-0.2, 0) is 0 Å². The number of hydrogen-bond acceptors (Lipinski definition) is 5. The van der Waals surface area contributed by atoms with Gasteiger partial charge in [-0.25, -0.2) is 0 Å². The quantitative estimate of drug-likeness (QED) is 0.680. The number of thiophene rings is 1. The molecule has 2 N–H and O–H groups in total. The molecule has 2 aromatic heterocycles. The van der Waals surface area contributed by atoms with E-state index in [-0.39, 0.29) is 6.04 Å². The first-order valence-electron chi connectivity index (χ1n) is 7.83. The van der Waals surface area contributed by atoms with Crippen LogP contribution in [-0.4, -0.2) is 15.3 Å². The molecule has 0 spiro atoms. The minimum atomic E-state index is -0.105. The molecular formula is C18H16N4OS2. The van der Waals surface area contributed by atoms with Gasteiger partial charge in [0.15, 0.2) is 5.11 Å². The summed E-state index contributed by atoms with van der Waals surface area (Å²) in [4.78, 5) is 4.61. The lowest BCUT2D eigenvalue weighted by Crippen LogP contribution is -2.42. The lowest BCUT2D eigenvalue weighted by atomic mass is 9.98. The molecule has 25 heavy (non-hydrogen) atoms. The number of rotatable bonds is 3. The number of nitrogens with one attached hydrogen (secondary N) is 2. The smallest absolute Gasteiger partial charge is 0.258 e. The van der Waals surface area contributed by atoms with Gasteiger partial charge < -0.3 is 15.2 Å². The van der Waals surface area contributed by atoms with Crippen molar-refractivity contribution in [3.05, 3.63) is 63.8 Å². The van der Waals surface area contributed by atoms with Crippen LogP contribution in [0.25, 0.3) is 17.0 Å². The highest BCUT2D eigenvalue weighted by molar-refractivity contribution is 7.80. The predicted octanol–water partition coefficient (Wildman–Crippen LogP) is 4.06. The molecule has 1 atom stereocenters. The van der Waals surface area contributed by atoms with E-state index < -0.39 is 0 Å². The number of allylic oxidation sites excluding steroid dienone is 1. The average molecular weight is 368 g/mol. The second kappa shape index (κ2) is 6.42. The van der Waals surface area contributed by atoms with Crippen molar-refractivity contribution >= 4 is 34.2 Å². The number of nitrogens with zero attached hydrogens (tertiary/aromatic N) is 2. The van der Waals surface area contributed by atoms with Crippen molar-refractivity contribution < 1.29 is 4.52 Å². The second-order valence-electron chi connectivity index (χ2n) is 5.92. The third-order valence-electron chi connectivity index (χ3n) is 4.11. The van der Waals surface area contributed by atoms with Crippen molar-refractivity contribution in [1.29, 1.82) is 0 Å². The van der Waals surface area contributed by atoms with E-state index in [9.17, 15) is 0 Å². The van der Waals surface area contributed by atoms with E-state index in [4.69, 9.17) is 16.7 Å². The average Bonchev–Trinajstić information content (AvgIpc) is 3.26. The molecule has 0 saturated heterocycles. The Hall–Kier alpha value is -2.51. The first kappa shape index (κ1) is 16.0. The van der Waals surface area contributed by atoms with Crippen molar-refractivity contribution in [2.75, 3.05) is 0 Å². The van der Waals surface area contributed by atoms with Crippen LogP contribution in [0.1, 0.15) is 30.0 Å². The van der Waals surface area contributed by atoms with Crippen LogP contribution in [0.5, 0.6) is 0 Å². The van der Waals surface area contributed by atoms with Crippen LogP contribution in [0, 0.1) is 6.92 Å². The minimum Gasteiger partial charge on any atom is -0.351 e. The maximum Gasteiger partial charge on any atom is 0.258 e. The van der Waals surface area contributed by atoms with Crippen molar-refractivity contribution in [1.82, 2.24) is 20.8 Å². The van der Waals surface area contributed by atoms with Gasteiger partial charge in [0, 0.05) is 11.3 Å². The van der Waals surface area contributed by atoms with Gasteiger partial charge in [-0.05, 0) is 48.5 Å². The molecule has 0 amide bonds. The molecule has 0 saturated carbocycles. The van der Waals surface area contributed by atoms with E-state index in [1.807, 2.05) is 43.5 Å². The summed E-state index contributed by atoms with van der Waals surface area (Å²) in [5.74, 6) is 1.07. The fraction of sp³-hybridized carbons (Fsp3) is 0.167. The van der Waals surface area contributed by atoms with E-state index in [2.05, 4.69) is 32.2 Å². The largest absolute Gasteiger partial charge is 0.351 e. The van der Waals surface area contributed by atoms with Crippen LogP contribution >= 0.6 is 23.6 Å². The summed E-state index contributed by atoms with van der Waals surface area (Å²) in [6, 6.07) is 10.0. The summed E-state index contributed by atoms with van der Waals surface area (Å²) in [5, 5.41) is 15.3. The summed E-state index contributed by atoms with van der Waals surface area (Å²) in [5.41, 5.74) is 5.08. The lowest BCUT2D eigenvalue weighted by molar-refractivity contribution is 0.403. The highest BCUT2D eigenvalue weighted by atomic mass is 32.1. The molecule has 7 heteroatoms. The summed E-state index contributed by atoms with van der Waals surface area (Å²) >= 11 is 6.95. The Morgan fingerprint density at radius 3 is 2.68 bits per heavy atom. The number of aryl methyl sites for hydroxylation is 1. The molecule has 0 unspecified atom stereocenters. The van der Waals surface area contributed by atoms with Gasteiger partial charge in [-0.1, -0.05) is 35.0 Å². The van der Waals surface area contributed by atoms with Crippen molar-refractivity contribution in [3.63, 3.8) is 0 Å². The summed E-state index contributed by atoms with van der Waals surface area (Å²) < 4.78 is 5.58. The predicted molar refractivity (Wildman–Crippen MR) is 103 cm³/mol. The fourth-order valence-corrected chi connectivity index (χ4v) is 3.78. The second-order valence-corrected chi connectivity index (χ2v) is 7.10. The van der Waals surface area contributed by atoms with E-state index in [1.165, 1.54) is 5.56 Å². The summed E-state index contributed by atoms with van der Waals surface area (Å²) in [7, 11) is 0. The Balaban J connectivity index is 1.75. The molecule has 5 nitrogen and oxygen atoms in total. The zero-order valence-corrected chi connectivity index (χ0v) is 15.4. The third-order valence-corrected chi connectivity index (χ3v) is 5.03. The third kappa shape index (κ3) is 3.08. The molecule has 4 rings (SSSR count). The van der Waals surface area contributed by atoms with Gasteiger partial charge in [-0.3, -0.25) is 0 Å². The zero-order chi connectivity index (χ0) is 17.4. The molecule has 1 aliphatic rings. The molecule has 3 aromatic rings. The van der Waals surface area contributed by atoms with Gasteiger partial charge in [0.1, 0.15) is 0 Å².